The van der Waals surface area contributed by atoms with E-state index >= 15 is 0 Å². The molecular weight excluding hydrogens is 158 g/mol. The molecule has 1 atom stereocenters. The fourth-order valence-electron chi connectivity index (χ4n) is 1.52. The average Bonchev–Trinajstić information content (AvgIpc) is 1.82. The monoisotopic (exact) mass is 185 g/mol. The predicted molar refractivity (Wildman–Crippen MR) is 61.0 cm³/mol. The van der Waals surface area contributed by atoms with Crippen LogP contribution in [0.1, 0.15) is 41.5 Å². The second-order valence-electron chi connectivity index (χ2n) is 6.13. The Morgan fingerprint density at radius 1 is 1.00 bits per heavy atom. The number of nitrogens with zero attached hydrogens (tertiary/aromatic N) is 1. The van der Waals surface area contributed by atoms with Gasteiger partial charge in [-0.3, -0.25) is 0 Å². The molecule has 0 aliphatic rings. The third kappa shape index (κ3) is 3.30. The molecule has 0 aromatic carbocycles. The largest absolute Gasteiger partial charge is 0.309 e. The van der Waals surface area contributed by atoms with E-state index in [2.05, 4.69) is 60.5 Å². The lowest BCUT2D eigenvalue weighted by Crippen LogP contribution is -2.40. The van der Waals surface area contributed by atoms with Crippen molar-refractivity contribution in [3.63, 3.8) is 0 Å². The van der Waals surface area contributed by atoms with Gasteiger partial charge >= 0.3 is 0 Å². The molecule has 0 bridgehead atoms. The third-order valence-electron chi connectivity index (χ3n) is 3.80. The van der Waals surface area contributed by atoms with Gasteiger partial charge in [0.25, 0.3) is 0 Å². The van der Waals surface area contributed by atoms with E-state index in [0.29, 0.717) is 10.8 Å². The van der Waals surface area contributed by atoms with Crippen molar-refractivity contribution in [2.45, 2.75) is 41.5 Å². The normalized spacial score (nSPS) is 16.4. The Kier molecular flexibility index (Phi) is 3.98. The van der Waals surface area contributed by atoms with Crippen molar-refractivity contribution in [3.05, 3.63) is 0 Å². The topological polar surface area (TPSA) is 3.24 Å². The van der Waals surface area contributed by atoms with Gasteiger partial charge in [0.05, 0.1) is 0 Å². The summed E-state index contributed by atoms with van der Waals surface area (Å²) in [7, 11) is 4.30. The molecule has 0 saturated carbocycles. The van der Waals surface area contributed by atoms with Crippen LogP contribution in [0.25, 0.3) is 0 Å². The quantitative estimate of drug-likeness (QED) is 0.652. The van der Waals surface area contributed by atoms with E-state index in [4.69, 9.17) is 0 Å². The molecule has 0 amide bonds. The minimum absolute atomic E-state index is 0.377. The van der Waals surface area contributed by atoms with Gasteiger partial charge in [0, 0.05) is 6.54 Å². The molecule has 0 fully saturated rings. The van der Waals surface area contributed by atoms with Crippen molar-refractivity contribution in [1.82, 2.24) is 4.90 Å². The molecule has 0 aromatic heterocycles. The Bertz CT molecular complexity index is 151. The number of rotatable bonds is 3. The lowest BCUT2D eigenvalue weighted by molar-refractivity contribution is 0.0494. The van der Waals surface area contributed by atoms with Gasteiger partial charge in [0.15, 0.2) is 0 Å². The fourth-order valence-corrected chi connectivity index (χ4v) is 1.52. The van der Waals surface area contributed by atoms with E-state index in [1.54, 1.807) is 0 Å². The van der Waals surface area contributed by atoms with Gasteiger partial charge in [-0.1, -0.05) is 41.5 Å². The molecule has 0 aliphatic carbocycles. The van der Waals surface area contributed by atoms with Crippen LogP contribution in [-0.2, 0) is 0 Å². The SMILES string of the molecule is CC(CN(C)C)C(C)(C)C(C)(C)C. The van der Waals surface area contributed by atoms with Crippen molar-refractivity contribution < 1.29 is 0 Å². The van der Waals surface area contributed by atoms with Gasteiger partial charge in [0.2, 0.25) is 0 Å². The summed E-state index contributed by atoms with van der Waals surface area (Å²) in [4.78, 5) is 2.28. The third-order valence-corrected chi connectivity index (χ3v) is 3.80. The van der Waals surface area contributed by atoms with Crippen LogP contribution in [0.15, 0.2) is 0 Å². The van der Waals surface area contributed by atoms with Crippen LogP contribution in [0.3, 0.4) is 0 Å². The Morgan fingerprint density at radius 3 is 1.62 bits per heavy atom. The zero-order valence-electron chi connectivity index (χ0n) is 10.7. The van der Waals surface area contributed by atoms with Gasteiger partial charge in [0.1, 0.15) is 0 Å². The van der Waals surface area contributed by atoms with Crippen molar-refractivity contribution in [2.75, 3.05) is 20.6 Å². The minimum atomic E-state index is 0.377. The van der Waals surface area contributed by atoms with Gasteiger partial charge < -0.3 is 4.90 Å². The highest BCUT2D eigenvalue weighted by atomic mass is 15.1. The molecule has 0 radical (unpaired) electrons. The van der Waals surface area contributed by atoms with Crippen LogP contribution in [0.2, 0.25) is 0 Å². The summed E-state index contributed by atoms with van der Waals surface area (Å²) >= 11 is 0. The maximum Gasteiger partial charge on any atom is 0.000622 e. The highest BCUT2D eigenvalue weighted by Crippen LogP contribution is 2.43. The Hall–Kier alpha value is -0.0400. The second kappa shape index (κ2) is 4.00. The van der Waals surface area contributed by atoms with Crippen LogP contribution in [0, 0.1) is 16.7 Å². The molecule has 13 heavy (non-hydrogen) atoms. The lowest BCUT2D eigenvalue weighted by Gasteiger charge is -2.44. The first kappa shape index (κ1) is 13.0. The van der Waals surface area contributed by atoms with Gasteiger partial charge in [-0.2, -0.15) is 0 Å². The molecular formula is C12H27N. The lowest BCUT2D eigenvalue weighted by atomic mass is 9.62. The van der Waals surface area contributed by atoms with E-state index < -0.39 is 0 Å². The summed E-state index contributed by atoms with van der Waals surface area (Å²) in [6, 6.07) is 0. The molecule has 0 heterocycles. The molecule has 80 valence electrons. The first-order valence-corrected chi connectivity index (χ1v) is 5.23. The van der Waals surface area contributed by atoms with Crippen molar-refractivity contribution in [2.24, 2.45) is 16.7 Å². The second-order valence-corrected chi connectivity index (χ2v) is 6.13. The summed E-state index contributed by atoms with van der Waals surface area (Å²) in [5.74, 6) is 0.725. The molecule has 0 N–H and O–H groups in total. The first-order chi connectivity index (χ1) is 5.59. The minimum Gasteiger partial charge on any atom is -0.309 e. The number of hydrogen-bond donors (Lipinski definition) is 0. The molecule has 0 rings (SSSR count). The maximum atomic E-state index is 2.38. The first-order valence-electron chi connectivity index (χ1n) is 5.23. The summed E-state index contributed by atoms with van der Waals surface area (Å²) in [6.45, 7) is 15.3. The van der Waals surface area contributed by atoms with E-state index in [1.165, 1.54) is 6.54 Å². The summed E-state index contributed by atoms with van der Waals surface area (Å²) in [5.41, 5.74) is 0.764. The highest BCUT2D eigenvalue weighted by molar-refractivity contribution is 4.87. The van der Waals surface area contributed by atoms with Gasteiger partial charge in [-0.05, 0) is 30.8 Å². The van der Waals surface area contributed by atoms with E-state index in [1.807, 2.05) is 0 Å². The Morgan fingerprint density at radius 2 is 1.38 bits per heavy atom. The molecule has 1 unspecified atom stereocenters. The van der Waals surface area contributed by atoms with E-state index in [-0.39, 0.29) is 0 Å². The number of hydrogen-bond acceptors (Lipinski definition) is 1. The maximum absolute atomic E-state index is 2.38. The van der Waals surface area contributed by atoms with Gasteiger partial charge in [-0.25, -0.2) is 0 Å². The molecule has 0 aromatic rings. The standard InChI is InChI=1S/C12H27N/c1-10(9-13(7)8)12(5,6)11(2,3)4/h10H,9H2,1-8H3. The van der Waals surface area contributed by atoms with Crippen LogP contribution in [0.4, 0.5) is 0 Å². The molecule has 1 heteroatoms. The van der Waals surface area contributed by atoms with Crippen LogP contribution in [0.5, 0.6) is 0 Å². The predicted octanol–water partition coefficient (Wildman–Crippen LogP) is 3.26. The van der Waals surface area contributed by atoms with Crippen LogP contribution < -0.4 is 0 Å². The molecule has 1 nitrogen and oxygen atoms in total. The van der Waals surface area contributed by atoms with Gasteiger partial charge in [-0.15, -0.1) is 0 Å². The Labute approximate surface area is 84.5 Å². The van der Waals surface area contributed by atoms with Crippen molar-refractivity contribution >= 4 is 0 Å². The molecule has 0 saturated heterocycles. The van der Waals surface area contributed by atoms with E-state index in [9.17, 15) is 0 Å². The van der Waals surface area contributed by atoms with E-state index in [0.717, 1.165) is 5.92 Å². The summed E-state index contributed by atoms with van der Waals surface area (Å²) in [6.07, 6.45) is 0. The summed E-state index contributed by atoms with van der Waals surface area (Å²) < 4.78 is 0. The van der Waals surface area contributed by atoms with Crippen molar-refractivity contribution in [1.29, 1.82) is 0 Å². The van der Waals surface area contributed by atoms with Crippen molar-refractivity contribution in [3.8, 4) is 0 Å². The average molecular weight is 185 g/mol. The highest BCUT2D eigenvalue weighted by Gasteiger charge is 2.37. The zero-order chi connectivity index (χ0) is 10.9. The van der Waals surface area contributed by atoms with Crippen LogP contribution >= 0.6 is 0 Å². The van der Waals surface area contributed by atoms with Crippen LogP contribution in [-0.4, -0.2) is 25.5 Å². The smallest absolute Gasteiger partial charge is 0.000622 e. The molecule has 0 spiro atoms. The molecule has 0 aliphatic heterocycles. The Balaban J connectivity index is 4.45. The fraction of sp³-hybridized carbons (Fsp3) is 1.00. The summed E-state index contributed by atoms with van der Waals surface area (Å²) in [5, 5.41) is 0. The zero-order valence-corrected chi connectivity index (χ0v) is 10.7.